The number of nitrogens with zero attached hydrogens (tertiary/aromatic N) is 1. The molecular formula is C16H12F3N3O5. The smallest absolute Gasteiger partial charge is 0.339 e. The Bertz CT molecular complexity index is 936. The summed E-state index contributed by atoms with van der Waals surface area (Å²) in [5, 5.41) is 12.8. The lowest BCUT2D eigenvalue weighted by Crippen LogP contribution is -2.30. The Kier molecular flexibility index (Phi) is 5.63. The third kappa shape index (κ3) is 4.32. The Morgan fingerprint density at radius 2 is 1.85 bits per heavy atom. The van der Waals surface area contributed by atoms with Gasteiger partial charge >= 0.3 is 5.97 Å². The maximum atomic E-state index is 13.6. The van der Waals surface area contributed by atoms with Gasteiger partial charge in [0.1, 0.15) is 5.69 Å². The number of hydrogen-bond donors (Lipinski definition) is 2. The zero-order chi connectivity index (χ0) is 20.3. The number of hydrogen-bond acceptors (Lipinski definition) is 6. The molecule has 0 aliphatic rings. The fourth-order valence-electron chi connectivity index (χ4n) is 1.97. The van der Waals surface area contributed by atoms with E-state index < -0.39 is 51.7 Å². The van der Waals surface area contributed by atoms with Gasteiger partial charge in [0.2, 0.25) is 0 Å². The summed E-state index contributed by atoms with van der Waals surface area (Å²) in [7, 11) is 0. The van der Waals surface area contributed by atoms with Crippen LogP contribution < -0.4 is 11.1 Å². The number of nitro groups is 1. The van der Waals surface area contributed by atoms with Crippen LogP contribution in [0.2, 0.25) is 0 Å². The van der Waals surface area contributed by atoms with Crippen LogP contribution in [0.4, 0.5) is 30.2 Å². The van der Waals surface area contributed by atoms with Crippen molar-refractivity contribution in [3.8, 4) is 0 Å². The molecule has 2 aromatic rings. The molecular weight excluding hydrogens is 371 g/mol. The van der Waals surface area contributed by atoms with Gasteiger partial charge < -0.3 is 15.8 Å². The van der Waals surface area contributed by atoms with Crippen molar-refractivity contribution in [3.63, 3.8) is 0 Å². The molecule has 11 heteroatoms. The molecule has 3 N–H and O–H groups in total. The molecule has 1 atom stereocenters. The maximum absolute atomic E-state index is 13.6. The lowest BCUT2D eigenvalue weighted by Gasteiger charge is -2.14. The molecule has 2 rings (SSSR count). The monoisotopic (exact) mass is 383 g/mol. The van der Waals surface area contributed by atoms with Crippen molar-refractivity contribution >= 4 is 28.9 Å². The second-order valence-corrected chi connectivity index (χ2v) is 5.29. The number of benzene rings is 2. The predicted molar refractivity (Wildman–Crippen MR) is 87.3 cm³/mol. The summed E-state index contributed by atoms with van der Waals surface area (Å²) < 4.78 is 44.4. The first-order valence-electron chi connectivity index (χ1n) is 7.31. The Morgan fingerprint density at radius 1 is 1.19 bits per heavy atom. The van der Waals surface area contributed by atoms with Crippen molar-refractivity contribution in [1.82, 2.24) is 0 Å². The van der Waals surface area contributed by atoms with Gasteiger partial charge in [0.05, 0.1) is 16.2 Å². The van der Waals surface area contributed by atoms with Crippen LogP contribution in [0, 0.1) is 27.6 Å². The standard InChI is InChI=1S/C16H12F3N3O5/c1-7(15(23)21-11-5-3-9(17)13(18)14(11)19)27-16(24)8-2-4-10(20)12(6-8)22(25)26/h2-7H,20H2,1H3,(H,21,23)/t7-/m0/s1. The molecule has 0 aromatic heterocycles. The highest BCUT2D eigenvalue weighted by Crippen LogP contribution is 2.23. The van der Waals surface area contributed by atoms with Gasteiger partial charge in [0.25, 0.3) is 11.6 Å². The summed E-state index contributed by atoms with van der Waals surface area (Å²) in [6, 6.07) is 4.56. The van der Waals surface area contributed by atoms with Crippen molar-refractivity contribution in [1.29, 1.82) is 0 Å². The number of nitro benzene ring substituents is 1. The maximum Gasteiger partial charge on any atom is 0.339 e. The summed E-state index contributed by atoms with van der Waals surface area (Å²) in [4.78, 5) is 34.0. The number of nitrogens with two attached hydrogens (primary N) is 1. The van der Waals surface area contributed by atoms with Crippen molar-refractivity contribution in [3.05, 3.63) is 63.5 Å². The molecule has 0 saturated heterocycles. The van der Waals surface area contributed by atoms with Crippen LogP contribution in [0.3, 0.4) is 0 Å². The number of esters is 1. The van der Waals surface area contributed by atoms with E-state index in [-0.39, 0.29) is 11.3 Å². The van der Waals surface area contributed by atoms with Gasteiger partial charge in [-0.1, -0.05) is 0 Å². The van der Waals surface area contributed by atoms with Crippen molar-refractivity contribution in [2.24, 2.45) is 0 Å². The normalized spacial score (nSPS) is 11.6. The minimum atomic E-state index is -1.77. The highest BCUT2D eigenvalue weighted by molar-refractivity contribution is 5.97. The molecule has 8 nitrogen and oxygen atoms in total. The Balaban J connectivity index is 2.10. The van der Waals surface area contributed by atoms with E-state index in [2.05, 4.69) is 0 Å². The number of carbonyl (C=O) groups excluding carboxylic acids is 2. The average Bonchev–Trinajstić information content (AvgIpc) is 2.62. The second kappa shape index (κ2) is 7.72. The summed E-state index contributed by atoms with van der Waals surface area (Å²) in [6.07, 6.45) is -1.47. The van der Waals surface area contributed by atoms with E-state index in [9.17, 15) is 32.9 Å². The molecule has 1 amide bonds. The summed E-state index contributed by atoms with van der Waals surface area (Å²) in [5.74, 6) is -6.93. The van der Waals surface area contributed by atoms with Crippen LogP contribution >= 0.6 is 0 Å². The zero-order valence-electron chi connectivity index (χ0n) is 13.7. The van der Waals surface area contributed by atoms with Gasteiger partial charge in [-0.3, -0.25) is 14.9 Å². The molecule has 0 aliphatic carbocycles. The molecule has 0 bridgehead atoms. The molecule has 0 radical (unpaired) electrons. The first-order chi connectivity index (χ1) is 12.6. The van der Waals surface area contributed by atoms with E-state index in [4.69, 9.17) is 10.5 Å². The van der Waals surface area contributed by atoms with E-state index in [0.717, 1.165) is 31.2 Å². The molecule has 0 fully saturated rings. The fourth-order valence-corrected chi connectivity index (χ4v) is 1.97. The number of carbonyl (C=O) groups is 2. The number of nitrogens with one attached hydrogen (secondary N) is 1. The highest BCUT2D eigenvalue weighted by Gasteiger charge is 2.23. The van der Waals surface area contributed by atoms with E-state index in [1.54, 1.807) is 0 Å². The first-order valence-corrected chi connectivity index (χ1v) is 7.31. The number of rotatable bonds is 5. The van der Waals surface area contributed by atoms with E-state index >= 15 is 0 Å². The first kappa shape index (κ1) is 19.7. The summed E-state index contributed by atoms with van der Waals surface area (Å²) >= 11 is 0. The van der Waals surface area contributed by atoms with Crippen molar-refractivity contribution in [2.45, 2.75) is 13.0 Å². The molecule has 0 aliphatic heterocycles. The molecule has 2 aromatic carbocycles. The lowest BCUT2D eigenvalue weighted by atomic mass is 10.2. The average molecular weight is 383 g/mol. The van der Waals surface area contributed by atoms with Crippen molar-refractivity contribution in [2.75, 3.05) is 11.1 Å². The molecule has 0 spiro atoms. The number of amides is 1. The zero-order valence-corrected chi connectivity index (χ0v) is 13.7. The van der Waals surface area contributed by atoms with Crippen LogP contribution in [0.5, 0.6) is 0 Å². The topological polar surface area (TPSA) is 125 Å². The van der Waals surface area contributed by atoms with Crippen LogP contribution in [0.15, 0.2) is 30.3 Å². The van der Waals surface area contributed by atoms with E-state index in [1.807, 2.05) is 5.32 Å². The summed E-state index contributed by atoms with van der Waals surface area (Å²) in [6.45, 7) is 1.14. The van der Waals surface area contributed by atoms with Crippen LogP contribution in [-0.2, 0) is 9.53 Å². The Labute approximate surface area is 149 Å². The van der Waals surface area contributed by atoms with Crippen LogP contribution in [-0.4, -0.2) is 22.9 Å². The molecule has 0 saturated carbocycles. The third-order valence-electron chi connectivity index (χ3n) is 3.41. The minimum absolute atomic E-state index is 0.170. The molecule has 27 heavy (non-hydrogen) atoms. The predicted octanol–water partition coefficient (Wildman–Crippen LogP) is 2.78. The summed E-state index contributed by atoms with van der Waals surface area (Å²) in [5.41, 5.74) is 3.83. The second-order valence-electron chi connectivity index (χ2n) is 5.29. The van der Waals surface area contributed by atoms with Gasteiger partial charge in [0.15, 0.2) is 23.6 Å². The van der Waals surface area contributed by atoms with Crippen LogP contribution in [0.1, 0.15) is 17.3 Å². The van der Waals surface area contributed by atoms with E-state index in [1.165, 1.54) is 0 Å². The van der Waals surface area contributed by atoms with Crippen LogP contribution in [0.25, 0.3) is 0 Å². The Morgan fingerprint density at radius 3 is 2.48 bits per heavy atom. The largest absolute Gasteiger partial charge is 0.449 e. The third-order valence-corrected chi connectivity index (χ3v) is 3.41. The lowest BCUT2D eigenvalue weighted by molar-refractivity contribution is -0.383. The molecule has 0 heterocycles. The minimum Gasteiger partial charge on any atom is -0.449 e. The number of halogens is 3. The highest BCUT2D eigenvalue weighted by atomic mass is 19.2. The van der Waals surface area contributed by atoms with Gasteiger partial charge in [-0.25, -0.2) is 18.0 Å². The van der Waals surface area contributed by atoms with Gasteiger partial charge in [0, 0.05) is 6.07 Å². The quantitative estimate of drug-likeness (QED) is 0.269. The fraction of sp³-hybridized carbons (Fsp3) is 0.125. The number of nitrogen functional groups attached to an aromatic ring is 1. The van der Waals surface area contributed by atoms with Gasteiger partial charge in [-0.2, -0.15) is 0 Å². The number of anilines is 2. The molecule has 142 valence electrons. The van der Waals surface area contributed by atoms with Gasteiger partial charge in [-0.15, -0.1) is 0 Å². The Hall–Kier alpha value is -3.63. The van der Waals surface area contributed by atoms with E-state index in [0.29, 0.717) is 6.07 Å². The van der Waals surface area contributed by atoms with Crippen molar-refractivity contribution < 1.29 is 32.4 Å². The molecule has 0 unspecified atom stereocenters. The van der Waals surface area contributed by atoms with Gasteiger partial charge in [-0.05, 0) is 31.2 Å². The SMILES string of the molecule is C[C@H](OC(=O)c1ccc(N)c([N+](=O)[O-])c1)C(=O)Nc1ccc(F)c(F)c1F. The number of ether oxygens (including phenoxy) is 1.